The summed E-state index contributed by atoms with van der Waals surface area (Å²) in [7, 11) is 0. The molecule has 2 aromatic rings. The number of nitrogens with zero attached hydrogens (tertiary/aromatic N) is 2. The first-order valence-electron chi connectivity index (χ1n) is 16.8. The van der Waals surface area contributed by atoms with E-state index in [1.165, 1.54) is 123 Å². The quantitative estimate of drug-likeness (QED) is 0.0822. The van der Waals surface area contributed by atoms with E-state index in [1.807, 2.05) is 0 Å². The van der Waals surface area contributed by atoms with Gasteiger partial charge in [-0.15, -0.1) is 0 Å². The van der Waals surface area contributed by atoms with Crippen molar-refractivity contribution >= 4 is 11.4 Å². The monoisotopic (exact) mass is 598 g/mol. The zero-order valence-electron chi connectivity index (χ0n) is 26.6. The molecule has 0 spiro atoms. The fraction of sp³-hybridized carbons (Fsp3) is 0.579. The van der Waals surface area contributed by atoms with E-state index >= 15 is 0 Å². The fourth-order valence-corrected chi connectivity index (χ4v) is 6.11. The molecule has 0 fully saturated rings. The van der Waals surface area contributed by atoms with Crippen molar-refractivity contribution in [1.29, 1.82) is 0 Å². The molecule has 1 heterocycles. The second kappa shape index (κ2) is 20.0. The van der Waals surface area contributed by atoms with Gasteiger partial charge >= 0.3 is 0 Å². The maximum atomic E-state index is 12.0. The zero-order valence-corrected chi connectivity index (χ0v) is 27.5. The van der Waals surface area contributed by atoms with Crippen LogP contribution in [0.4, 0.5) is 0 Å². The molecule has 0 bridgehead atoms. The molecular weight excluding hydrogens is 543 g/mol. The first-order chi connectivity index (χ1) is 19.6. The Hall–Kier alpha value is -1.99. The van der Waals surface area contributed by atoms with Crippen molar-refractivity contribution in [1.82, 2.24) is 0 Å². The van der Waals surface area contributed by atoms with Crippen LogP contribution >= 0.6 is 0 Å². The Morgan fingerprint density at radius 3 is 1.32 bits per heavy atom. The summed E-state index contributed by atoms with van der Waals surface area (Å²) in [6.45, 7) is 9.08. The Morgan fingerprint density at radius 1 is 0.488 bits per heavy atom. The predicted molar refractivity (Wildman–Crippen MR) is 174 cm³/mol. The molecule has 1 aliphatic rings. The Kier molecular flexibility index (Phi) is 17.2. The molecule has 0 unspecified atom stereocenters. The average Bonchev–Trinajstić information content (AvgIpc) is 3.25. The number of rotatable bonds is 20. The van der Waals surface area contributed by atoms with E-state index in [9.17, 15) is 5.53 Å². The van der Waals surface area contributed by atoms with Gasteiger partial charge in [0.25, 0.3) is 0 Å². The maximum absolute atomic E-state index is 12.0. The molecule has 0 aromatic heterocycles. The molecule has 0 radical (unpaired) electrons. The number of hydrogen-bond acceptors (Lipinski definition) is 0. The van der Waals surface area contributed by atoms with Gasteiger partial charge in [0.05, 0.1) is 0 Å². The van der Waals surface area contributed by atoms with Gasteiger partial charge in [-0.3, -0.25) is 0 Å². The summed E-state index contributed by atoms with van der Waals surface area (Å²) in [6, 6.07) is 18.0. The molecule has 0 saturated heterocycles. The van der Waals surface area contributed by atoms with Gasteiger partial charge < -0.3 is 5.53 Å². The van der Waals surface area contributed by atoms with Gasteiger partial charge in [0.1, 0.15) is 0 Å². The summed E-state index contributed by atoms with van der Waals surface area (Å²) in [4.78, 5) is 0. The minimum absolute atomic E-state index is 0. The second-order valence-electron chi connectivity index (χ2n) is 11.9. The van der Waals surface area contributed by atoms with Gasteiger partial charge in [-0.05, 0) is 86.8 Å². The van der Waals surface area contributed by atoms with E-state index in [0.717, 1.165) is 37.1 Å². The van der Waals surface area contributed by atoms with Crippen LogP contribution in [-0.2, 0) is 29.3 Å². The standard InChI is InChI=1S/C38H56N2.Ni/c1-5-9-13-15-16-18-28-36-35(27-17-14-10-6-2)37(33-25-19-23-31(29-33)21-11-7-3)40(39)38(36)34-26-20-24-32(30-34)22-12-8-4;/h19-20,23-26,29-30H,5-18,21-22,27-28H2,1-4H3;. The third-order valence-corrected chi connectivity index (χ3v) is 8.46. The molecule has 228 valence electrons. The van der Waals surface area contributed by atoms with Crippen LogP contribution in [-0.4, -0.2) is 4.70 Å². The van der Waals surface area contributed by atoms with E-state index in [2.05, 4.69) is 76.2 Å². The van der Waals surface area contributed by atoms with Gasteiger partial charge in [-0.1, -0.05) is 116 Å². The number of unbranched alkanes of at least 4 members (excludes halogenated alkanes) is 10. The van der Waals surface area contributed by atoms with Crippen LogP contribution in [0.5, 0.6) is 0 Å². The normalized spacial score (nSPS) is 13.3. The summed E-state index contributed by atoms with van der Waals surface area (Å²) >= 11 is 0. The maximum Gasteiger partial charge on any atom is 0.211 e. The van der Waals surface area contributed by atoms with E-state index < -0.39 is 0 Å². The predicted octanol–water partition coefficient (Wildman–Crippen LogP) is 12.3. The van der Waals surface area contributed by atoms with E-state index in [1.54, 1.807) is 4.70 Å². The number of hydrogen-bond donors (Lipinski definition) is 0. The van der Waals surface area contributed by atoms with Crippen molar-refractivity contribution < 1.29 is 21.2 Å². The van der Waals surface area contributed by atoms with Crippen LogP contribution < -0.4 is 0 Å². The Bertz CT molecular complexity index is 1130. The molecule has 2 nitrogen and oxygen atoms in total. The molecule has 2 aromatic carbocycles. The molecule has 0 aliphatic carbocycles. The van der Waals surface area contributed by atoms with Gasteiger partial charge in [0.15, 0.2) is 0 Å². The third kappa shape index (κ3) is 10.7. The van der Waals surface area contributed by atoms with E-state index in [4.69, 9.17) is 0 Å². The van der Waals surface area contributed by atoms with Gasteiger partial charge in [-0.2, -0.15) is 0 Å². The van der Waals surface area contributed by atoms with Gasteiger partial charge in [0.2, 0.25) is 11.4 Å². The van der Waals surface area contributed by atoms with Crippen LogP contribution in [0.3, 0.4) is 0 Å². The minimum Gasteiger partial charge on any atom is -0.493 e. The van der Waals surface area contributed by atoms with Crippen LogP contribution in [0.2, 0.25) is 0 Å². The van der Waals surface area contributed by atoms with Gasteiger partial charge in [-0.25, -0.2) is 4.70 Å². The molecule has 0 N–H and O–H groups in total. The molecular formula is C38H56N2Ni. The smallest absolute Gasteiger partial charge is 0.211 e. The minimum atomic E-state index is 0. The molecule has 3 rings (SSSR count). The first kappa shape index (κ1) is 35.2. The van der Waals surface area contributed by atoms with Crippen molar-refractivity contribution in [2.24, 2.45) is 0 Å². The molecule has 1 aliphatic heterocycles. The topological polar surface area (TPSA) is 25.3 Å². The number of allylic oxidation sites excluding steroid dienone is 2. The molecule has 3 heteroatoms. The van der Waals surface area contributed by atoms with Crippen molar-refractivity contribution in [3.8, 4) is 0 Å². The number of aryl methyl sites for hydroxylation is 2. The Labute approximate surface area is 262 Å². The van der Waals surface area contributed by atoms with Crippen molar-refractivity contribution in [2.45, 2.75) is 143 Å². The fourth-order valence-electron chi connectivity index (χ4n) is 6.11. The SMILES string of the molecule is CCCCCCCCC1=C(c2cccc(CCCC)c2)[N+](=[N-])C(c2cccc(CCCC)c2)=C1CCCCCC.[Ni]. The Balaban J connectivity index is 0.00000588. The largest absolute Gasteiger partial charge is 0.493 e. The summed E-state index contributed by atoms with van der Waals surface area (Å²) in [5, 5.41) is 0. The number of benzene rings is 2. The van der Waals surface area contributed by atoms with Crippen molar-refractivity contribution in [3.63, 3.8) is 0 Å². The summed E-state index contributed by atoms with van der Waals surface area (Å²) in [5.74, 6) is 0. The van der Waals surface area contributed by atoms with Crippen LogP contribution in [0.25, 0.3) is 16.9 Å². The summed E-state index contributed by atoms with van der Waals surface area (Å²) in [5.41, 5.74) is 21.9. The second-order valence-corrected chi connectivity index (χ2v) is 11.9. The van der Waals surface area contributed by atoms with Crippen LogP contribution in [0, 0.1) is 0 Å². The Morgan fingerprint density at radius 2 is 0.878 bits per heavy atom. The summed E-state index contributed by atoms with van der Waals surface area (Å²) in [6.07, 6.45) is 21.8. The van der Waals surface area contributed by atoms with Crippen LogP contribution in [0.1, 0.15) is 153 Å². The van der Waals surface area contributed by atoms with E-state index in [0.29, 0.717) is 0 Å². The van der Waals surface area contributed by atoms with E-state index in [-0.39, 0.29) is 16.5 Å². The van der Waals surface area contributed by atoms with Crippen molar-refractivity contribution in [3.05, 3.63) is 87.5 Å². The molecule has 0 saturated carbocycles. The third-order valence-electron chi connectivity index (χ3n) is 8.46. The molecule has 0 amide bonds. The summed E-state index contributed by atoms with van der Waals surface area (Å²) < 4.78 is 1.58. The first-order valence-corrected chi connectivity index (χ1v) is 16.8. The van der Waals surface area contributed by atoms with Gasteiger partial charge in [0, 0.05) is 38.8 Å². The molecule has 41 heavy (non-hydrogen) atoms. The van der Waals surface area contributed by atoms with Crippen molar-refractivity contribution in [2.75, 3.05) is 0 Å². The average molecular weight is 600 g/mol. The zero-order chi connectivity index (χ0) is 28.6. The van der Waals surface area contributed by atoms with Crippen LogP contribution in [0.15, 0.2) is 59.7 Å². The molecule has 0 atom stereocenters.